The average molecular weight is 1350 g/mol. The van der Waals surface area contributed by atoms with Gasteiger partial charge in [0.1, 0.15) is 159 Å². The Bertz CT molecular complexity index is 2400. The molecule has 0 aromatic heterocycles. The summed E-state index contributed by atoms with van der Waals surface area (Å²) in [6.45, 7) is -2.19. The van der Waals surface area contributed by atoms with Crippen LogP contribution in [0.4, 0.5) is 0 Å². The Balaban J connectivity index is 1.15. The average Bonchev–Trinajstić information content (AvgIpc) is 0.797. The lowest BCUT2D eigenvalue weighted by Gasteiger charge is -2.51. The van der Waals surface area contributed by atoms with Crippen LogP contribution < -0.4 is 16.0 Å². The summed E-state index contributed by atoms with van der Waals surface area (Å²) in [5.41, 5.74) is 0. The number of hydrogen-bond acceptors (Lipinski definition) is 37. The zero-order valence-electron chi connectivity index (χ0n) is 49.5. The molecular weight excluding hydrogens is 1260 g/mol. The molecule has 41 heteroatoms. The van der Waals surface area contributed by atoms with Gasteiger partial charge in [-0.25, -0.2) is 4.79 Å². The van der Waals surface area contributed by atoms with Gasteiger partial charge in [-0.2, -0.15) is 0 Å². The molecule has 7 saturated heterocycles. The summed E-state index contributed by atoms with van der Waals surface area (Å²) in [6, 6.07) is -5.44. The summed E-state index contributed by atoms with van der Waals surface area (Å²) < 4.78 is 75.3. The molecule has 0 spiro atoms. The third-order valence-corrected chi connectivity index (χ3v) is 16.7. The van der Waals surface area contributed by atoms with Gasteiger partial charge in [-0.15, -0.1) is 0 Å². The van der Waals surface area contributed by atoms with Crippen LogP contribution in [0, 0.1) is 0 Å². The Morgan fingerprint density at radius 2 is 0.924 bits per heavy atom. The molecule has 7 heterocycles. The van der Waals surface area contributed by atoms with E-state index >= 15 is 0 Å². The number of carboxylic acid groups (broad SMARTS) is 1. The molecule has 0 radical (unpaired) electrons. The van der Waals surface area contributed by atoms with Crippen molar-refractivity contribution in [2.75, 3.05) is 39.6 Å². The summed E-state index contributed by atoms with van der Waals surface area (Å²) in [6.07, 6.45) is -65.3. The third-order valence-electron chi connectivity index (χ3n) is 16.7. The van der Waals surface area contributed by atoms with Crippen molar-refractivity contribution in [1.82, 2.24) is 16.0 Å². The molecule has 24 N–H and O–H groups in total. The predicted molar refractivity (Wildman–Crippen MR) is 282 cm³/mol. The Kier molecular flexibility index (Phi) is 26.6. The minimum absolute atomic E-state index is 0.818. The van der Waals surface area contributed by atoms with Gasteiger partial charge in [0.05, 0.1) is 57.9 Å². The standard InChI is InChI=1S/C51H85N3O38/c1-12-26(64)32(70)36(74)47(82-12)91-43-38(76)40(88-45-24(53-14(3)60)31(69)39(19(8-57)85-45)89-48-37(75)34(72)29(67)21(87-48)10-80-46-35(73)33(71)28(66)18(7-56)84-46)20(9-58)86-49(43)90-41-25(54-15(4)61)44(77)83-22(30(41)68)11-81-51(50(78)79)5-16(62)23(52-13(2)59)42(92-51)27(65)17(63)6-55/h12,16-49,55-58,62-77H,5-11H2,1-4H3,(H,52,59)(H,53,60)(H,54,61)(H,78,79)/t12-,16-,17+,18+,19+,20+,21+,22+,23+,24+,25+,26+,27+,28+,29+,30-,31+,32+,33-,34-,35-,36-,37+,38-,39+,40-,41+,42+,43+,44-,45-,46-,47-,48+,49?,51+/m0/s1. The molecule has 3 amide bonds. The largest absolute Gasteiger partial charge is 0.477 e. The molecule has 0 saturated carbocycles. The summed E-state index contributed by atoms with van der Waals surface area (Å²) in [4.78, 5) is 50.7. The van der Waals surface area contributed by atoms with Crippen LogP contribution in [0.25, 0.3) is 0 Å². The van der Waals surface area contributed by atoms with E-state index in [0.29, 0.717) is 0 Å². The van der Waals surface area contributed by atoms with Gasteiger partial charge in [0.25, 0.3) is 5.79 Å². The molecule has 7 rings (SSSR count). The van der Waals surface area contributed by atoms with Gasteiger partial charge in [-0.05, 0) is 6.92 Å². The first-order chi connectivity index (χ1) is 43.2. The van der Waals surface area contributed by atoms with Gasteiger partial charge >= 0.3 is 5.97 Å². The molecule has 532 valence electrons. The van der Waals surface area contributed by atoms with Crippen molar-refractivity contribution in [3.05, 3.63) is 0 Å². The molecule has 0 aliphatic carbocycles. The SMILES string of the molecule is CC(=O)N[C@@H]1[C@@H](OC2O[C@H](CO)[C@H](O[C@@H]3O[C@H](CO)[C@@H](O[C@H]4O[C@H](CO[C@H]5O[C@H](CO)[C@@H](O)[C@H](O)[C@@H]5O)[C@@H](O)[C@H](O)[C@H]4O)[C@H](O)[C@H]3NC(C)=O)[C@H](O)[C@H]2O[C@@H]2O[C@@H](C)[C@@H](O)[C@@H](O)[C@@H]2O)[C@@H](O)[C@@H](CO[C@]2(C(=O)O)C[C@H](O)[C@@H](NC(C)=O)[C@H]([C@H](O)[C@H](O)CO)O2)O[C@@H]1O. The van der Waals surface area contributed by atoms with Gasteiger partial charge in [-0.1, -0.05) is 0 Å². The lowest BCUT2D eigenvalue weighted by molar-refractivity contribution is -0.397. The first-order valence-corrected chi connectivity index (χ1v) is 29.1. The molecule has 7 aliphatic rings. The Labute approximate surface area is 520 Å². The van der Waals surface area contributed by atoms with Crippen LogP contribution in [0.2, 0.25) is 0 Å². The highest BCUT2D eigenvalue weighted by atomic mass is 16.8. The van der Waals surface area contributed by atoms with Crippen molar-refractivity contribution in [2.45, 2.75) is 254 Å². The van der Waals surface area contributed by atoms with Crippen LogP contribution in [-0.2, 0) is 80.8 Å². The van der Waals surface area contributed by atoms with E-state index in [2.05, 4.69) is 16.0 Å². The fraction of sp³-hybridized carbons (Fsp3) is 0.922. The lowest BCUT2D eigenvalue weighted by Crippen LogP contribution is -2.71. The number of carboxylic acids is 1. The summed E-state index contributed by atoms with van der Waals surface area (Å²) in [5.74, 6) is -7.74. The molecule has 7 fully saturated rings. The lowest BCUT2D eigenvalue weighted by atomic mass is 9.88. The van der Waals surface area contributed by atoms with Gasteiger partial charge in [0.2, 0.25) is 17.7 Å². The quantitative estimate of drug-likeness (QED) is 0.0427. The zero-order chi connectivity index (χ0) is 68.3. The van der Waals surface area contributed by atoms with Gasteiger partial charge < -0.3 is 185 Å². The monoisotopic (exact) mass is 1350 g/mol. The number of carbonyl (C=O) groups excluding carboxylic acids is 3. The summed E-state index contributed by atoms with van der Waals surface area (Å²) >= 11 is 0. The molecule has 1 unspecified atom stereocenters. The highest BCUT2D eigenvalue weighted by Crippen LogP contribution is 2.39. The highest BCUT2D eigenvalue weighted by Gasteiger charge is 2.60. The summed E-state index contributed by atoms with van der Waals surface area (Å²) in [7, 11) is 0. The Morgan fingerprint density at radius 3 is 1.49 bits per heavy atom. The second-order valence-electron chi connectivity index (χ2n) is 23.3. The first-order valence-electron chi connectivity index (χ1n) is 29.1. The van der Waals surface area contributed by atoms with Gasteiger partial charge in [-0.3, -0.25) is 14.4 Å². The normalized spacial score (nSPS) is 47.6. The predicted octanol–water partition coefficient (Wildman–Crippen LogP) is -15.6. The van der Waals surface area contributed by atoms with E-state index in [1.165, 1.54) is 6.92 Å². The van der Waals surface area contributed by atoms with Crippen molar-refractivity contribution in [3.8, 4) is 0 Å². The van der Waals surface area contributed by atoms with Crippen LogP contribution in [0.15, 0.2) is 0 Å². The second-order valence-corrected chi connectivity index (χ2v) is 23.3. The Morgan fingerprint density at radius 1 is 0.467 bits per heavy atom. The molecule has 7 aliphatic heterocycles. The van der Waals surface area contributed by atoms with E-state index in [-0.39, 0.29) is 0 Å². The fourth-order valence-corrected chi connectivity index (χ4v) is 11.6. The number of aliphatic hydroxyl groups excluding tert-OH is 20. The maximum atomic E-state index is 13.0. The van der Waals surface area contributed by atoms with Crippen molar-refractivity contribution >= 4 is 23.7 Å². The van der Waals surface area contributed by atoms with Crippen LogP contribution in [0.5, 0.6) is 0 Å². The van der Waals surface area contributed by atoms with E-state index in [4.69, 9.17) is 61.6 Å². The van der Waals surface area contributed by atoms with Gasteiger partial charge in [0.15, 0.2) is 37.7 Å². The number of aliphatic carboxylic acids is 1. The van der Waals surface area contributed by atoms with Crippen LogP contribution >= 0.6 is 0 Å². The van der Waals surface area contributed by atoms with Gasteiger partial charge in [0, 0.05) is 27.2 Å². The smallest absolute Gasteiger partial charge is 0.364 e. The number of rotatable bonds is 24. The highest BCUT2D eigenvalue weighted by molar-refractivity contribution is 5.77. The van der Waals surface area contributed by atoms with Crippen LogP contribution in [-0.4, -0.2) is 391 Å². The number of amides is 3. The Hall–Kier alpha value is -3.44. The number of hydrogen-bond donors (Lipinski definition) is 24. The molecule has 36 atom stereocenters. The summed E-state index contributed by atoms with van der Waals surface area (Å²) in [5, 5.41) is 235. The molecule has 0 aromatic carbocycles. The number of carbonyl (C=O) groups is 4. The second kappa shape index (κ2) is 32.3. The minimum atomic E-state index is -3.06. The van der Waals surface area contributed by atoms with Crippen LogP contribution in [0.1, 0.15) is 34.1 Å². The first kappa shape index (κ1) is 75.9. The third kappa shape index (κ3) is 16.6. The molecule has 0 aromatic rings. The minimum Gasteiger partial charge on any atom is -0.477 e. The zero-order valence-corrected chi connectivity index (χ0v) is 49.5. The number of ether oxygens (including phenoxy) is 13. The van der Waals surface area contributed by atoms with E-state index in [1.807, 2.05) is 0 Å². The maximum absolute atomic E-state index is 13.0. The molecule has 92 heavy (non-hydrogen) atoms. The fourth-order valence-electron chi connectivity index (χ4n) is 11.6. The topological polar surface area (TPSA) is 649 Å². The molecule has 0 bridgehead atoms. The number of aliphatic hydroxyl groups is 20. The number of nitrogens with one attached hydrogen (secondary N) is 3. The maximum Gasteiger partial charge on any atom is 0.364 e. The van der Waals surface area contributed by atoms with E-state index in [9.17, 15) is 126 Å². The molecule has 41 nitrogen and oxygen atoms in total. The molecular formula is C51H85N3O38. The van der Waals surface area contributed by atoms with Crippen molar-refractivity contribution in [2.24, 2.45) is 0 Å². The van der Waals surface area contributed by atoms with Crippen molar-refractivity contribution < 1.29 is 188 Å². The van der Waals surface area contributed by atoms with E-state index in [0.717, 1.165) is 20.8 Å². The van der Waals surface area contributed by atoms with Crippen LogP contribution in [0.3, 0.4) is 0 Å². The van der Waals surface area contributed by atoms with E-state index in [1.54, 1.807) is 0 Å². The van der Waals surface area contributed by atoms with E-state index < -0.39 is 290 Å². The van der Waals surface area contributed by atoms with Crippen molar-refractivity contribution in [1.29, 1.82) is 0 Å². The van der Waals surface area contributed by atoms with Crippen molar-refractivity contribution in [3.63, 3.8) is 0 Å².